The lowest BCUT2D eigenvalue weighted by Crippen LogP contribution is -2.43. The van der Waals surface area contributed by atoms with Gasteiger partial charge in [-0.1, -0.05) is 38.1 Å². The van der Waals surface area contributed by atoms with Crippen LogP contribution < -0.4 is 11.1 Å². The van der Waals surface area contributed by atoms with E-state index in [1.54, 1.807) is 0 Å². The van der Waals surface area contributed by atoms with Crippen LogP contribution in [0.3, 0.4) is 0 Å². The number of nitrogens with two attached hydrogens (primary N) is 1. The predicted molar refractivity (Wildman–Crippen MR) is 75.2 cm³/mol. The molecular formula is C15H26N2. The van der Waals surface area contributed by atoms with E-state index in [0.717, 1.165) is 6.54 Å². The van der Waals surface area contributed by atoms with Crippen LogP contribution in [0.1, 0.15) is 57.7 Å². The smallest absolute Gasteiger partial charge is 0.0292 e. The Hall–Kier alpha value is -0.860. The standard InChI is InChI=1S/C15H26N2/c1-11(2)13-6-8-14(9-7-13)12(3)17-10-15(4,5)16/h6-9,11-12,17H,10,16H2,1-5H3. The Morgan fingerprint density at radius 2 is 1.53 bits per heavy atom. The Bertz CT molecular complexity index is 333. The summed E-state index contributed by atoms with van der Waals surface area (Å²) < 4.78 is 0. The van der Waals surface area contributed by atoms with Crippen molar-refractivity contribution in [1.29, 1.82) is 0 Å². The monoisotopic (exact) mass is 234 g/mol. The summed E-state index contributed by atoms with van der Waals surface area (Å²) in [6.07, 6.45) is 0. The van der Waals surface area contributed by atoms with Crippen LogP contribution in [0.2, 0.25) is 0 Å². The highest BCUT2D eigenvalue weighted by Crippen LogP contribution is 2.18. The van der Waals surface area contributed by atoms with Crippen LogP contribution in [-0.2, 0) is 0 Å². The van der Waals surface area contributed by atoms with Crippen molar-refractivity contribution in [3.05, 3.63) is 35.4 Å². The van der Waals surface area contributed by atoms with Crippen molar-refractivity contribution in [3.8, 4) is 0 Å². The van der Waals surface area contributed by atoms with Crippen LogP contribution in [0.25, 0.3) is 0 Å². The minimum absolute atomic E-state index is 0.161. The predicted octanol–water partition coefficient (Wildman–Crippen LogP) is 3.20. The number of rotatable bonds is 5. The molecule has 1 rings (SSSR count). The van der Waals surface area contributed by atoms with Crippen molar-refractivity contribution >= 4 is 0 Å². The molecule has 17 heavy (non-hydrogen) atoms. The number of hydrogen-bond acceptors (Lipinski definition) is 2. The molecule has 1 aromatic carbocycles. The Labute approximate surface area is 106 Å². The maximum atomic E-state index is 5.96. The van der Waals surface area contributed by atoms with Crippen molar-refractivity contribution in [2.75, 3.05) is 6.54 Å². The maximum absolute atomic E-state index is 5.96. The Kier molecular flexibility index (Phi) is 4.72. The highest BCUT2D eigenvalue weighted by molar-refractivity contribution is 5.26. The van der Waals surface area contributed by atoms with Crippen molar-refractivity contribution < 1.29 is 0 Å². The first-order chi connectivity index (χ1) is 7.79. The molecule has 0 heterocycles. The summed E-state index contributed by atoms with van der Waals surface area (Å²) in [5.74, 6) is 0.593. The van der Waals surface area contributed by atoms with Crippen LogP contribution in [0.4, 0.5) is 0 Å². The zero-order valence-corrected chi connectivity index (χ0v) is 11.7. The van der Waals surface area contributed by atoms with E-state index in [9.17, 15) is 0 Å². The Balaban J connectivity index is 2.60. The lowest BCUT2D eigenvalue weighted by molar-refractivity contribution is 0.434. The first kappa shape index (κ1) is 14.2. The van der Waals surface area contributed by atoms with Gasteiger partial charge in [0.25, 0.3) is 0 Å². The molecule has 0 amide bonds. The summed E-state index contributed by atoms with van der Waals surface area (Å²) in [5.41, 5.74) is 8.51. The third kappa shape index (κ3) is 4.88. The lowest BCUT2D eigenvalue weighted by atomic mass is 9.99. The molecule has 0 saturated carbocycles. The van der Waals surface area contributed by atoms with Crippen LogP contribution in [-0.4, -0.2) is 12.1 Å². The van der Waals surface area contributed by atoms with Gasteiger partial charge in [0.1, 0.15) is 0 Å². The van der Waals surface area contributed by atoms with Crippen LogP contribution in [0.15, 0.2) is 24.3 Å². The normalized spacial score (nSPS) is 14.1. The van der Waals surface area contributed by atoms with Gasteiger partial charge in [0, 0.05) is 18.1 Å². The van der Waals surface area contributed by atoms with E-state index in [1.807, 2.05) is 13.8 Å². The molecule has 3 N–H and O–H groups in total. The van der Waals surface area contributed by atoms with Gasteiger partial charge in [0.15, 0.2) is 0 Å². The molecule has 0 spiro atoms. The SMILES string of the molecule is CC(C)c1ccc(C(C)NCC(C)(C)N)cc1. The van der Waals surface area contributed by atoms with Crippen molar-refractivity contribution in [2.45, 2.75) is 52.1 Å². The molecule has 0 aliphatic rings. The molecule has 0 radical (unpaired) electrons. The van der Waals surface area contributed by atoms with Gasteiger partial charge in [-0.3, -0.25) is 0 Å². The summed E-state index contributed by atoms with van der Waals surface area (Å²) >= 11 is 0. The zero-order valence-electron chi connectivity index (χ0n) is 11.7. The summed E-state index contributed by atoms with van der Waals surface area (Å²) in [7, 11) is 0. The molecule has 2 nitrogen and oxygen atoms in total. The average molecular weight is 234 g/mol. The summed E-state index contributed by atoms with van der Waals surface area (Å²) in [6.45, 7) is 11.5. The van der Waals surface area contributed by atoms with Crippen LogP contribution in [0.5, 0.6) is 0 Å². The lowest BCUT2D eigenvalue weighted by Gasteiger charge is -2.23. The largest absolute Gasteiger partial charge is 0.324 e. The number of benzene rings is 1. The van der Waals surface area contributed by atoms with Gasteiger partial charge in [-0.05, 0) is 37.8 Å². The number of hydrogen-bond donors (Lipinski definition) is 2. The van der Waals surface area contributed by atoms with Gasteiger partial charge in [-0.15, -0.1) is 0 Å². The van der Waals surface area contributed by atoms with Gasteiger partial charge >= 0.3 is 0 Å². The Morgan fingerprint density at radius 3 is 1.94 bits per heavy atom. The fourth-order valence-corrected chi connectivity index (χ4v) is 1.70. The van der Waals surface area contributed by atoms with Gasteiger partial charge in [-0.2, -0.15) is 0 Å². The molecule has 1 unspecified atom stereocenters. The molecular weight excluding hydrogens is 208 g/mol. The van der Waals surface area contributed by atoms with E-state index in [2.05, 4.69) is 50.4 Å². The minimum atomic E-state index is -0.161. The molecule has 2 heteroatoms. The van der Waals surface area contributed by atoms with Gasteiger partial charge in [-0.25, -0.2) is 0 Å². The molecule has 0 aromatic heterocycles. The van der Waals surface area contributed by atoms with Gasteiger partial charge < -0.3 is 11.1 Å². The van der Waals surface area contributed by atoms with E-state index in [0.29, 0.717) is 12.0 Å². The molecule has 0 aliphatic heterocycles. The van der Waals surface area contributed by atoms with Crippen LogP contribution in [0, 0.1) is 0 Å². The van der Waals surface area contributed by atoms with E-state index in [4.69, 9.17) is 5.73 Å². The topological polar surface area (TPSA) is 38.0 Å². The van der Waals surface area contributed by atoms with E-state index < -0.39 is 0 Å². The highest BCUT2D eigenvalue weighted by atomic mass is 14.9. The van der Waals surface area contributed by atoms with Gasteiger partial charge in [0.05, 0.1) is 0 Å². The second kappa shape index (κ2) is 5.65. The van der Waals surface area contributed by atoms with Gasteiger partial charge in [0.2, 0.25) is 0 Å². The molecule has 0 saturated heterocycles. The third-order valence-electron chi connectivity index (χ3n) is 2.97. The van der Waals surface area contributed by atoms with Crippen molar-refractivity contribution in [2.24, 2.45) is 5.73 Å². The fourth-order valence-electron chi connectivity index (χ4n) is 1.70. The number of nitrogens with one attached hydrogen (secondary N) is 1. The first-order valence-corrected chi connectivity index (χ1v) is 6.42. The Morgan fingerprint density at radius 1 is 1.06 bits per heavy atom. The second-order valence-electron chi connectivity index (χ2n) is 5.91. The third-order valence-corrected chi connectivity index (χ3v) is 2.97. The van der Waals surface area contributed by atoms with E-state index in [-0.39, 0.29) is 5.54 Å². The maximum Gasteiger partial charge on any atom is 0.0292 e. The minimum Gasteiger partial charge on any atom is -0.324 e. The summed E-state index contributed by atoms with van der Waals surface area (Å²) in [6, 6.07) is 9.18. The molecule has 1 atom stereocenters. The molecule has 96 valence electrons. The molecule has 0 fully saturated rings. The zero-order chi connectivity index (χ0) is 13.1. The summed E-state index contributed by atoms with van der Waals surface area (Å²) in [4.78, 5) is 0. The molecule has 0 bridgehead atoms. The molecule has 1 aromatic rings. The average Bonchev–Trinajstić information content (AvgIpc) is 2.25. The van der Waals surface area contributed by atoms with E-state index in [1.165, 1.54) is 11.1 Å². The summed E-state index contributed by atoms with van der Waals surface area (Å²) in [5, 5.41) is 3.46. The van der Waals surface area contributed by atoms with Crippen molar-refractivity contribution in [1.82, 2.24) is 5.32 Å². The highest BCUT2D eigenvalue weighted by Gasteiger charge is 2.13. The first-order valence-electron chi connectivity index (χ1n) is 6.42. The molecule has 0 aliphatic carbocycles. The quantitative estimate of drug-likeness (QED) is 0.821. The fraction of sp³-hybridized carbons (Fsp3) is 0.600. The second-order valence-corrected chi connectivity index (χ2v) is 5.91. The van der Waals surface area contributed by atoms with Crippen LogP contribution >= 0.6 is 0 Å². The van der Waals surface area contributed by atoms with E-state index >= 15 is 0 Å². The van der Waals surface area contributed by atoms with Crippen molar-refractivity contribution in [3.63, 3.8) is 0 Å².